The zero-order chi connectivity index (χ0) is 23.3. The predicted molar refractivity (Wildman–Crippen MR) is 110 cm³/mol. The second kappa shape index (κ2) is 10.2. The van der Waals surface area contributed by atoms with Crippen molar-refractivity contribution in [1.82, 2.24) is 0 Å². The molecule has 5 nitrogen and oxygen atoms in total. The average molecular weight is 481 g/mol. The maximum Gasteiger partial charge on any atom is 0.416 e. The average Bonchev–Trinajstić information content (AvgIpc) is 2.67. The highest BCUT2D eigenvalue weighted by Crippen LogP contribution is 2.34. The molecule has 31 heavy (non-hydrogen) atoms. The van der Waals surface area contributed by atoms with Crippen LogP contribution in [0.2, 0.25) is 10.0 Å². The number of ether oxygens (including phenoxy) is 1. The summed E-state index contributed by atoms with van der Waals surface area (Å²) in [6.45, 7) is 2.72. The van der Waals surface area contributed by atoms with Crippen molar-refractivity contribution in [1.29, 1.82) is 0 Å². The fourth-order valence-corrected chi connectivity index (χ4v) is 2.89. The zero-order valence-corrected chi connectivity index (χ0v) is 17.8. The van der Waals surface area contributed by atoms with E-state index < -0.39 is 42.1 Å². The molecule has 2 aromatic rings. The number of nitrogens with one attached hydrogen (secondary N) is 2. The molecule has 0 aliphatic heterocycles. The van der Waals surface area contributed by atoms with Crippen molar-refractivity contribution >= 4 is 46.5 Å². The maximum absolute atomic E-state index is 13.2. The minimum absolute atomic E-state index is 0.107. The van der Waals surface area contributed by atoms with Crippen molar-refractivity contribution in [3.63, 3.8) is 0 Å². The second-order valence-corrected chi connectivity index (χ2v) is 7.66. The van der Waals surface area contributed by atoms with Gasteiger partial charge in [0, 0.05) is 5.69 Å². The van der Waals surface area contributed by atoms with E-state index in [0.29, 0.717) is 0 Å². The Labute approximate surface area is 185 Å². The van der Waals surface area contributed by atoms with E-state index in [1.165, 1.54) is 12.1 Å². The Morgan fingerprint density at radius 1 is 1.06 bits per heavy atom. The minimum atomic E-state index is -4.55. The number of alkyl halides is 3. The van der Waals surface area contributed by atoms with Crippen LogP contribution >= 0.6 is 23.2 Å². The first-order valence-electron chi connectivity index (χ1n) is 8.93. The zero-order valence-electron chi connectivity index (χ0n) is 16.3. The van der Waals surface area contributed by atoms with Gasteiger partial charge in [0.05, 0.1) is 21.3 Å². The lowest BCUT2D eigenvalue weighted by Gasteiger charge is -2.23. The van der Waals surface area contributed by atoms with Crippen molar-refractivity contribution in [2.24, 2.45) is 5.92 Å². The monoisotopic (exact) mass is 480 g/mol. The lowest BCUT2D eigenvalue weighted by atomic mass is 10.0. The summed E-state index contributed by atoms with van der Waals surface area (Å²) < 4.78 is 56.5. The summed E-state index contributed by atoms with van der Waals surface area (Å²) in [6, 6.07) is 5.25. The first-order valence-corrected chi connectivity index (χ1v) is 9.69. The number of halogens is 6. The largest absolute Gasteiger partial charge is 0.454 e. The molecule has 0 saturated carbocycles. The van der Waals surface area contributed by atoms with Gasteiger partial charge in [0.25, 0.3) is 5.91 Å². The van der Waals surface area contributed by atoms with Crippen molar-refractivity contribution < 1.29 is 31.9 Å². The fourth-order valence-electron chi connectivity index (χ4n) is 2.47. The highest BCUT2D eigenvalue weighted by Gasteiger charge is 2.31. The summed E-state index contributed by atoms with van der Waals surface area (Å²) in [4.78, 5) is 24.4. The highest BCUT2D eigenvalue weighted by molar-refractivity contribution is 6.33. The van der Waals surface area contributed by atoms with Crippen molar-refractivity contribution in [2.45, 2.75) is 26.1 Å². The van der Waals surface area contributed by atoms with E-state index in [9.17, 15) is 27.2 Å². The molecule has 1 unspecified atom stereocenters. The molecule has 1 amide bonds. The van der Waals surface area contributed by atoms with Crippen LogP contribution < -0.4 is 10.6 Å². The Hall–Kier alpha value is -2.52. The molecule has 2 aromatic carbocycles. The lowest BCUT2D eigenvalue weighted by molar-refractivity contribution is -0.149. The molecule has 0 bridgehead atoms. The molecule has 0 aliphatic carbocycles. The van der Waals surface area contributed by atoms with Crippen LogP contribution in [0.5, 0.6) is 0 Å². The molecule has 2 N–H and O–H groups in total. The Morgan fingerprint density at radius 2 is 1.74 bits per heavy atom. The smallest absolute Gasteiger partial charge is 0.416 e. The van der Waals surface area contributed by atoms with E-state index in [1.54, 1.807) is 13.8 Å². The number of esters is 1. The van der Waals surface area contributed by atoms with Gasteiger partial charge in [-0.25, -0.2) is 9.18 Å². The van der Waals surface area contributed by atoms with Crippen molar-refractivity contribution in [2.75, 3.05) is 17.2 Å². The SMILES string of the molecule is CC(C)C(Nc1ccc(C(F)(F)F)cc1Cl)C(=O)OCC(=O)Nc1ccc(F)c(Cl)c1. The topological polar surface area (TPSA) is 67.4 Å². The summed E-state index contributed by atoms with van der Waals surface area (Å²) in [6.07, 6.45) is -4.55. The number of anilines is 2. The Bertz CT molecular complexity index is 968. The summed E-state index contributed by atoms with van der Waals surface area (Å²) in [5, 5.41) is 4.73. The number of carbonyl (C=O) groups excluding carboxylic acids is 2. The number of amides is 1. The molecule has 0 spiro atoms. The van der Waals surface area contributed by atoms with Crippen molar-refractivity contribution in [3.8, 4) is 0 Å². The Kier molecular flexibility index (Phi) is 8.14. The standard InChI is InChI=1S/C20H18Cl2F4N2O3/c1-10(2)18(28-16-6-3-11(7-14(16)22)20(24,25)26)19(30)31-9-17(29)27-12-4-5-15(23)13(21)8-12/h3-8,10,18,28H,9H2,1-2H3,(H,27,29). The molecule has 0 aliphatic rings. The molecule has 168 valence electrons. The van der Waals surface area contributed by atoms with Crippen LogP contribution in [-0.2, 0) is 20.5 Å². The number of carbonyl (C=O) groups is 2. The number of hydrogen-bond acceptors (Lipinski definition) is 4. The molecule has 1 atom stereocenters. The number of hydrogen-bond donors (Lipinski definition) is 2. The fraction of sp³-hybridized carbons (Fsp3) is 0.300. The molecule has 2 rings (SSSR count). The predicted octanol–water partition coefficient (Wildman–Crippen LogP) is 5.77. The summed E-state index contributed by atoms with van der Waals surface area (Å²) in [7, 11) is 0. The van der Waals surface area contributed by atoms with Crippen LogP contribution in [0.3, 0.4) is 0 Å². The summed E-state index contributed by atoms with van der Waals surface area (Å²) >= 11 is 11.5. The van der Waals surface area contributed by atoms with Crippen molar-refractivity contribution in [3.05, 3.63) is 57.8 Å². The van der Waals surface area contributed by atoms with Gasteiger partial charge < -0.3 is 15.4 Å². The third-order valence-electron chi connectivity index (χ3n) is 4.08. The minimum Gasteiger partial charge on any atom is -0.454 e. The van der Waals surface area contributed by atoms with E-state index in [2.05, 4.69) is 10.6 Å². The van der Waals surface area contributed by atoms with Crippen LogP contribution in [0.4, 0.5) is 28.9 Å². The molecule has 0 heterocycles. The van der Waals surface area contributed by atoms with Crippen LogP contribution in [0.1, 0.15) is 19.4 Å². The summed E-state index contributed by atoms with van der Waals surface area (Å²) in [5.74, 6) is -2.49. The second-order valence-electron chi connectivity index (χ2n) is 6.84. The van der Waals surface area contributed by atoms with Gasteiger partial charge >= 0.3 is 12.1 Å². The van der Waals surface area contributed by atoms with E-state index in [0.717, 1.165) is 24.3 Å². The van der Waals surface area contributed by atoms with Crippen LogP contribution in [-0.4, -0.2) is 24.5 Å². The van der Waals surface area contributed by atoms with Gasteiger partial charge in [-0.05, 0) is 42.3 Å². The first-order chi connectivity index (χ1) is 14.4. The van der Waals surface area contributed by atoms with Crippen LogP contribution in [0, 0.1) is 11.7 Å². The Morgan fingerprint density at radius 3 is 2.29 bits per heavy atom. The van der Waals surface area contributed by atoms with Gasteiger partial charge in [-0.1, -0.05) is 37.0 Å². The molecular weight excluding hydrogens is 463 g/mol. The van der Waals surface area contributed by atoms with Gasteiger partial charge in [-0.3, -0.25) is 4.79 Å². The molecular formula is C20H18Cl2F4N2O3. The molecule has 0 aromatic heterocycles. The molecule has 0 fully saturated rings. The van der Waals surface area contributed by atoms with E-state index in [4.69, 9.17) is 27.9 Å². The molecule has 0 saturated heterocycles. The highest BCUT2D eigenvalue weighted by atomic mass is 35.5. The molecule has 0 radical (unpaired) electrons. The summed E-state index contributed by atoms with van der Waals surface area (Å²) in [5.41, 5.74) is -0.609. The first kappa shape index (κ1) is 24.7. The molecule has 11 heteroatoms. The van der Waals surface area contributed by atoms with Crippen LogP contribution in [0.15, 0.2) is 36.4 Å². The normalized spacial score (nSPS) is 12.4. The Balaban J connectivity index is 2.00. The van der Waals surface area contributed by atoms with Gasteiger partial charge in [0.15, 0.2) is 6.61 Å². The number of benzene rings is 2. The van der Waals surface area contributed by atoms with Crippen LogP contribution in [0.25, 0.3) is 0 Å². The van der Waals surface area contributed by atoms with E-state index >= 15 is 0 Å². The van der Waals surface area contributed by atoms with E-state index in [-0.39, 0.29) is 27.3 Å². The van der Waals surface area contributed by atoms with E-state index in [1.807, 2.05) is 0 Å². The lowest BCUT2D eigenvalue weighted by Crippen LogP contribution is -2.37. The van der Waals surface area contributed by atoms with Gasteiger partial charge in [0.2, 0.25) is 0 Å². The number of rotatable bonds is 7. The maximum atomic E-state index is 13.2. The quantitative estimate of drug-likeness (QED) is 0.389. The van der Waals surface area contributed by atoms with Gasteiger partial charge in [0.1, 0.15) is 11.9 Å². The third-order valence-corrected chi connectivity index (χ3v) is 4.68. The van der Waals surface area contributed by atoms with Gasteiger partial charge in [-0.15, -0.1) is 0 Å². The third kappa shape index (κ3) is 7.00. The van der Waals surface area contributed by atoms with Gasteiger partial charge in [-0.2, -0.15) is 13.2 Å².